The molecule has 0 saturated carbocycles. The van der Waals surface area contributed by atoms with E-state index in [1.807, 2.05) is 24.3 Å². The Kier molecular flexibility index (Phi) is 17.7. The van der Waals surface area contributed by atoms with E-state index in [-0.39, 0.29) is 5.78 Å². The number of rotatable bonds is 22. The molecule has 7 heteroatoms. The third-order valence-electron chi connectivity index (χ3n) is 7.53. The van der Waals surface area contributed by atoms with Gasteiger partial charge in [0.25, 0.3) is 0 Å². The summed E-state index contributed by atoms with van der Waals surface area (Å²) < 4.78 is 6.86. The van der Waals surface area contributed by atoms with Crippen LogP contribution in [0.2, 0.25) is 0 Å². The molecule has 0 bridgehead atoms. The minimum Gasteiger partial charge on any atom is -0.449 e. The number of benzene rings is 2. The fraction of sp³-hybridized carbons (Fsp3) is 0.583. The number of oxime groups is 1. The quantitative estimate of drug-likeness (QED) is 0.0561. The van der Waals surface area contributed by atoms with Crippen LogP contribution < -0.4 is 4.18 Å². The van der Waals surface area contributed by atoms with Crippen molar-refractivity contribution in [2.75, 3.05) is 17.3 Å². The van der Waals surface area contributed by atoms with E-state index in [9.17, 15) is 9.59 Å². The van der Waals surface area contributed by atoms with Crippen LogP contribution in [0.3, 0.4) is 0 Å². The number of hydrogen-bond donors (Lipinski definition) is 0. The fourth-order valence-corrected chi connectivity index (χ4v) is 9.44. The molecule has 5 nitrogen and oxygen atoms in total. The van der Waals surface area contributed by atoms with Gasteiger partial charge < -0.3 is 9.02 Å². The van der Waals surface area contributed by atoms with Crippen LogP contribution in [0.15, 0.2) is 63.5 Å². The lowest BCUT2D eigenvalue weighted by Crippen LogP contribution is -2.20. The Hall–Kier alpha value is -2.25. The van der Waals surface area contributed by atoms with E-state index in [4.69, 9.17) is 9.02 Å². The fourth-order valence-electron chi connectivity index (χ4n) is 4.80. The van der Waals surface area contributed by atoms with Crippen LogP contribution in [0, 0.1) is 5.92 Å². The predicted octanol–water partition coefficient (Wildman–Crippen LogP) is 11.0. The van der Waals surface area contributed by atoms with Crippen molar-refractivity contribution in [1.82, 2.24) is 0 Å². The number of Topliss-reactive ketones (excluding diaryl/α,β-unsaturated/α-hetero) is 1. The van der Waals surface area contributed by atoms with Gasteiger partial charge in [-0.1, -0.05) is 100 Å². The molecule has 2 rings (SSSR count). The first-order valence-corrected chi connectivity index (χ1v) is 19.3. The molecule has 240 valence electrons. The Labute approximate surface area is 267 Å². The molecule has 0 N–H and O–H groups in total. The molecule has 43 heavy (non-hydrogen) atoms. The molecule has 2 aromatic carbocycles. The highest BCUT2D eigenvalue weighted by Crippen LogP contribution is 2.51. The first kappa shape index (κ1) is 36.9. The lowest BCUT2D eigenvalue weighted by molar-refractivity contribution is -0.140. The standard InChI is InChI=1S/C36H55NO4S2/c1-7-11-15-29(5)16-25-35(37-40-30(6)38)36(39)31-17-21-33(22-18-31)42-34-23-19-32(20-24-34)41-43(26-12-8-2,27-13-9-3)28-14-10-4/h17-24,29H,7-16,25-28H2,1-6H3. The summed E-state index contributed by atoms with van der Waals surface area (Å²) in [4.78, 5) is 31.7. The molecule has 1 atom stereocenters. The third-order valence-corrected chi connectivity index (χ3v) is 12.2. The summed E-state index contributed by atoms with van der Waals surface area (Å²) in [6, 6.07) is 16.1. The minimum absolute atomic E-state index is 0.192. The number of carbonyl (C=O) groups excluding carboxylic acids is 2. The maximum atomic E-state index is 13.3. The molecule has 0 aromatic heterocycles. The van der Waals surface area contributed by atoms with Crippen molar-refractivity contribution in [3.05, 3.63) is 54.1 Å². The second-order valence-corrected chi connectivity index (χ2v) is 16.0. The first-order valence-electron chi connectivity index (χ1n) is 16.4. The zero-order valence-corrected chi connectivity index (χ0v) is 29.1. The Morgan fingerprint density at radius 1 is 0.767 bits per heavy atom. The number of carbonyl (C=O) groups is 2. The summed E-state index contributed by atoms with van der Waals surface area (Å²) in [5.74, 6) is 4.31. The van der Waals surface area contributed by atoms with Crippen molar-refractivity contribution in [1.29, 1.82) is 0 Å². The summed E-state index contributed by atoms with van der Waals surface area (Å²) >= 11 is 1.66. The van der Waals surface area contributed by atoms with Crippen molar-refractivity contribution >= 4 is 39.5 Å². The average molecular weight is 630 g/mol. The van der Waals surface area contributed by atoms with Crippen molar-refractivity contribution < 1.29 is 18.6 Å². The molecular weight excluding hydrogens is 575 g/mol. The maximum Gasteiger partial charge on any atom is 0.331 e. The lowest BCUT2D eigenvalue weighted by atomic mass is 9.95. The lowest BCUT2D eigenvalue weighted by Gasteiger charge is -2.40. The topological polar surface area (TPSA) is 65.0 Å². The van der Waals surface area contributed by atoms with E-state index in [1.165, 1.54) is 69.1 Å². The predicted molar refractivity (Wildman–Crippen MR) is 186 cm³/mol. The molecule has 0 aliphatic heterocycles. The van der Waals surface area contributed by atoms with Crippen LogP contribution in [0.25, 0.3) is 0 Å². The van der Waals surface area contributed by atoms with Gasteiger partial charge in [-0.05, 0) is 86.6 Å². The van der Waals surface area contributed by atoms with E-state index in [1.54, 1.807) is 11.8 Å². The minimum atomic E-state index is -1.13. The van der Waals surface area contributed by atoms with Gasteiger partial charge in [-0.25, -0.2) is 4.79 Å². The van der Waals surface area contributed by atoms with Crippen LogP contribution in [0.5, 0.6) is 5.75 Å². The van der Waals surface area contributed by atoms with Crippen LogP contribution >= 0.6 is 22.1 Å². The number of nitrogens with zero attached hydrogens (tertiary/aromatic N) is 1. The summed E-state index contributed by atoms with van der Waals surface area (Å²) in [5, 5.41) is 3.93. The zero-order valence-electron chi connectivity index (χ0n) is 27.5. The molecule has 0 fully saturated rings. The molecule has 0 spiro atoms. The van der Waals surface area contributed by atoms with Gasteiger partial charge in [-0.2, -0.15) is 0 Å². The van der Waals surface area contributed by atoms with Crippen LogP contribution in [-0.2, 0) is 9.63 Å². The first-order chi connectivity index (χ1) is 20.8. The highest BCUT2D eigenvalue weighted by Gasteiger charge is 2.25. The van der Waals surface area contributed by atoms with E-state index < -0.39 is 16.3 Å². The van der Waals surface area contributed by atoms with E-state index >= 15 is 0 Å². The Bertz CT molecular complexity index is 1090. The molecule has 0 aliphatic rings. The molecule has 0 aliphatic carbocycles. The molecule has 0 heterocycles. The Morgan fingerprint density at radius 3 is 1.77 bits per heavy atom. The van der Waals surface area contributed by atoms with Gasteiger partial charge in [-0.3, -0.25) is 4.79 Å². The number of unbranched alkanes of at least 4 members (excludes halogenated alkanes) is 4. The second kappa shape index (κ2) is 20.7. The molecule has 0 saturated heterocycles. The van der Waals surface area contributed by atoms with Crippen molar-refractivity contribution in [2.45, 2.75) is 122 Å². The smallest absolute Gasteiger partial charge is 0.331 e. The SMILES string of the molecule is CCCCC(C)CCC(=NOC(C)=O)C(=O)c1ccc(Sc2ccc(OS(CCCC)(CCCC)CCCC)cc2)cc1. The molecule has 0 amide bonds. The van der Waals surface area contributed by atoms with Crippen LogP contribution in [0.4, 0.5) is 0 Å². The van der Waals surface area contributed by atoms with Gasteiger partial charge in [0.1, 0.15) is 11.5 Å². The zero-order chi connectivity index (χ0) is 31.5. The van der Waals surface area contributed by atoms with Crippen molar-refractivity contribution in [3.63, 3.8) is 0 Å². The van der Waals surface area contributed by atoms with Crippen molar-refractivity contribution in [3.8, 4) is 5.75 Å². The van der Waals surface area contributed by atoms with Gasteiger partial charge >= 0.3 is 5.97 Å². The maximum absolute atomic E-state index is 13.3. The largest absolute Gasteiger partial charge is 0.449 e. The molecule has 1 unspecified atom stereocenters. The Balaban J connectivity index is 2.09. The van der Waals surface area contributed by atoms with Gasteiger partial charge in [0.15, 0.2) is 0 Å². The molecular formula is C36H55NO4S2. The van der Waals surface area contributed by atoms with Gasteiger partial charge in [-0.15, -0.1) is 0 Å². The third kappa shape index (κ3) is 13.9. The normalized spacial score (nSPS) is 13.0. The second-order valence-electron chi connectivity index (χ2n) is 11.6. The highest BCUT2D eigenvalue weighted by molar-refractivity contribution is 8.30. The number of ketones is 1. The van der Waals surface area contributed by atoms with Crippen LogP contribution in [0.1, 0.15) is 123 Å². The number of hydrogen-bond acceptors (Lipinski definition) is 6. The van der Waals surface area contributed by atoms with E-state index in [0.29, 0.717) is 23.6 Å². The average Bonchev–Trinajstić information content (AvgIpc) is 3.01. The monoisotopic (exact) mass is 629 g/mol. The van der Waals surface area contributed by atoms with Gasteiger partial charge in [0.2, 0.25) is 5.78 Å². The summed E-state index contributed by atoms with van der Waals surface area (Å²) in [5.41, 5.74) is 0.843. The van der Waals surface area contributed by atoms with E-state index in [0.717, 1.165) is 34.8 Å². The van der Waals surface area contributed by atoms with Gasteiger partial charge in [0, 0.05) is 39.5 Å². The summed E-state index contributed by atoms with van der Waals surface area (Å²) in [6.07, 6.45) is 12.0. The summed E-state index contributed by atoms with van der Waals surface area (Å²) in [7, 11) is -1.13. The summed E-state index contributed by atoms with van der Waals surface area (Å²) in [6.45, 7) is 12.5. The van der Waals surface area contributed by atoms with Gasteiger partial charge in [0.05, 0.1) is 0 Å². The molecule has 0 radical (unpaired) electrons. The Morgan fingerprint density at radius 2 is 1.28 bits per heavy atom. The van der Waals surface area contributed by atoms with Crippen LogP contribution in [-0.4, -0.2) is 34.7 Å². The molecule has 2 aromatic rings. The van der Waals surface area contributed by atoms with Crippen molar-refractivity contribution in [2.24, 2.45) is 11.1 Å². The van der Waals surface area contributed by atoms with E-state index in [2.05, 4.69) is 64.0 Å². The highest BCUT2D eigenvalue weighted by atomic mass is 32.3.